The SMILES string of the molecule is CNC(CO)CCOc1cccc2ccccc12.O=C(O)C=CC(=O)O. The standard InChI is InChI=1S/C15H19NO2.C4H4O4/c1-16-13(11-17)9-10-18-15-8-4-6-12-5-2-3-7-14(12)15;5-3(6)1-2-4(7)8/h2-8,13,16-17H,9-11H2,1H3;1-2H,(H,5,6)(H,7,8). The van der Waals surface area contributed by atoms with Crippen LogP contribution in [0.25, 0.3) is 10.8 Å². The van der Waals surface area contributed by atoms with Crippen LogP contribution in [0.5, 0.6) is 5.75 Å². The molecule has 7 heteroatoms. The highest BCUT2D eigenvalue weighted by Gasteiger charge is 2.05. The molecule has 0 heterocycles. The lowest BCUT2D eigenvalue weighted by Gasteiger charge is -2.14. The van der Waals surface area contributed by atoms with E-state index in [4.69, 9.17) is 20.1 Å². The first-order chi connectivity index (χ1) is 12.5. The van der Waals surface area contributed by atoms with Gasteiger partial charge in [0.05, 0.1) is 13.2 Å². The molecule has 0 aliphatic carbocycles. The van der Waals surface area contributed by atoms with Crippen LogP contribution in [0.1, 0.15) is 6.42 Å². The van der Waals surface area contributed by atoms with Crippen molar-refractivity contribution in [2.24, 2.45) is 0 Å². The summed E-state index contributed by atoms with van der Waals surface area (Å²) in [4.78, 5) is 19.1. The zero-order valence-corrected chi connectivity index (χ0v) is 14.5. The third-order valence-corrected chi connectivity index (χ3v) is 3.47. The molecule has 140 valence electrons. The lowest BCUT2D eigenvalue weighted by molar-refractivity contribution is -0.134. The first kappa shape index (κ1) is 21.1. The highest BCUT2D eigenvalue weighted by Crippen LogP contribution is 2.25. The summed E-state index contributed by atoms with van der Waals surface area (Å²) >= 11 is 0. The number of likely N-dealkylation sites (N-methyl/N-ethyl adjacent to an activating group) is 1. The molecule has 0 spiro atoms. The van der Waals surface area contributed by atoms with Crippen molar-refractivity contribution < 1.29 is 29.6 Å². The van der Waals surface area contributed by atoms with Crippen LogP contribution in [0.2, 0.25) is 0 Å². The third-order valence-electron chi connectivity index (χ3n) is 3.47. The van der Waals surface area contributed by atoms with E-state index in [1.54, 1.807) is 0 Å². The van der Waals surface area contributed by atoms with E-state index in [1.165, 1.54) is 5.39 Å². The van der Waals surface area contributed by atoms with Gasteiger partial charge < -0.3 is 25.4 Å². The molecule has 0 aromatic heterocycles. The van der Waals surface area contributed by atoms with Gasteiger partial charge in [-0.3, -0.25) is 0 Å². The number of rotatable bonds is 8. The monoisotopic (exact) mass is 361 g/mol. The summed E-state index contributed by atoms with van der Waals surface area (Å²) in [6.45, 7) is 0.732. The number of benzene rings is 2. The molecular formula is C19H23NO6. The van der Waals surface area contributed by atoms with Crippen molar-refractivity contribution in [2.75, 3.05) is 20.3 Å². The zero-order valence-electron chi connectivity index (χ0n) is 14.5. The lowest BCUT2D eigenvalue weighted by atomic mass is 10.1. The number of carboxylic acid groups (broad SMARTS) is 2. The maximum absolute atomic E-state index is 9.55. The van der Waals surface area contributed by atoms with E-state index in [-0.39, 0.29) is 12.6 Å². The Kier molecular flexibility index (Phi) is 9.45. The van der Waals surface area contributed by atoms with Crippen molar-refractivity contribution >= 4 is 22.7 Å². The second-order valence-corrected chi connectivity index (χ2v) is 5.29. The minimum absolute atomic E-state index is 0.0972. The number of nitrogens with one attached hydrogen (secondary N) is 1. The van der Waals surface area contributed by atoms with Crippen molar-refractivity contribution in [1.29, 1.82) is 0 Å². The molecule has 1 unspecified atom stereocenters. The van der Waals surface area contributed by atoms with Gasteiger partial charge in [0.25, 0.3) is 0 Å². The largest absolute Gasteiger partial charge is 0.493 e. The van der Waals surface area contributed by atoms with E-state index in [0.717, 1.165) is 17.6 Å². The number of aliphatic hydroxyl groups excluding tert-OH is 1. The second kappa shape index (κ2) is 11.6. The fourth-order valence-corrected chi connectivity index (χ4v) is 2.10. The molecular weight excluding hydrogens is 338 g/mol. The first-order valence-corrected chi connectivity index (χ1v) is 8.00. The third kappa shape index (κ3) is 7.78. The van der Waals surface area contributed by atoms with Crippen LogP contribution in [0.4, 0.5) is 0 Å². The number of aliphatic hydroxyl groups is 1. The quantitative estimate of drug-likeness (QED) is 0.531. The Labute approximate surface area is 151 Å². The van der Waals surface area contributed by atoms with Gasteiger partial charge in [-0.15, -0.1) is 0 Å². The van der Waals surface area contributed by atoms with Crippen LogP contribution >= 0.6 is 0 Å². The normalized spacial score (nSPS) is 11.6. The molecule has 0 aliphatic rings. The Morgan fingerprint density at radius 1 is 1.08 bits per heavy atom. The van der Waals surface area contributed by atoms with Crippen molar-refractivity contribution in [2.45, 2.75) is 12.5 Å². The minimum Gasteiger partial charge on any atom is -0.493 e. The smallest absolute Gasteiger partial charge is 0.328 e. The molecule has 2 rings (SSSR count). The van der Waals surface area contributed by atoms with Gasteiger partial charge in [-0.25, -0.2) is 9.59 Å². The number of hydrogen-bond donors (Lipinski definition) is 4. The molecule has 0 aliphatic heterocycles. The molecule has 26 heavy (non-hydrogen) atoms. The van der Waals surface area contributed by atoms with Gasteiger partial charge in [0.15, 0.2) is 0 Å². The summed E-state index contributed by atoms with van der Waals surface area (Å²) in [7, 11) is 1.85. The van der Waals surface area contributed by atoms with Crippen LogP contribution in [0.15, 0.2) is 54.6 Å². The number of carbonyl (C=O) groups is 2. The first-order valence-electron chi connectivity index (χ1n) is 8.00. The van der Waals surface area contributed by atoms with Gasteiger partial charge >= 0.3 is 11.9 Å². The topological polar surface area (TPSA) is 116 Å². The second-order valence-electron chi connectivity index (χ2n) is 5.29. The van der Waals surface area contributed by atoms with Gasteiger partial charge in [-0.1, -0.05) is 36.4 Å². The maximum atomic E-state index is 9.55. The number of carboxylic acids is 2. The Morgan fingerprint density at radius 3 is 2.27 bits per heavy atom. The van der Waals surface area contributed by atoms with Gasteiger partial charge in [0, 0.05) is 23.6 Å². The van der Waals surface area contributed by atoms with E-state index < -0.39 is 11.9 Å². The molecule has 4 N–H and O–H groups in total. The predicted octanol–water partition coefficient (Wildman–Crippen LogP) is 1.90. The molecule has 1 atom stereocenters. The molecule has 0 amide bonds. The fraction of sp³-hybridized carbons (Fsp3) is 0.263. The summed E-state index contributed by atoms with van der Waals surface area (Å²) in [5.74, 6) is -1.61. The van der Waals surface area contributed by atoms with E-state index >= 15 is 0 Å². The Hall–Kier alpha value is -2.90. The highest BCUT2D eigenvalue weighted by atomic mass is 16.5. The van der Waals surface area contributed by atoms with E-state index in [1.807, 2.05) is 31.3 Å². The van der Waals surface area contributed by atoms with Crippen LogP contribution in [-0.4, -0.2) is 53.6 Å². The number of ether oxygens (including phenoxy) is 1. The Bertz CT molecular complexity index is 718. The predicted molar refractivity (Wildman–Crippen MR) is 98.4 cm³/mol. The van der Waals surface area contributed by atoms with E-state index in [0.29, 0.717) is 18.8 Å². The van der Waals surface area contributed by atoms with Crippen LogP contribution in [-0.2, 0) is 9.59 Å². The van der Waals surface area contributed by atoms with Crippen LogP contribution < -0.4 is 10.1 Å². The van der Waals surface area contributed by atoms with Gasteiger partial charge in [0.2, 0.25) is 0 Å². The summed E-state index contributed by atoms with van der Waals surface area (Å²) in [5.41, 5.74) is 0. The van der Waals surface area contributed by atoms with Gasteiger partial charge in [-0.05, 0) is 24.9 Å². The van der Waals surface area contributed by atoms with Crippen molar-refractivity contribution in [3.8, 4) is 5.75 Å². The van der Waals surface area contributed by atoms with Gasteiger partial charge in [-0.2, -0.15) is 0 Å². The number of hydrogen-bond acceptors (Lipinski definition) is 5. The van der Waals surface area contributed by atoms with Crippen molar-refractivity contribution in [1.82, 2.24) is 5.32 Å². The average molecular weight is 361 g/mol. The number of fused-ring (bicyclic) bond motifs is 1. The molecule has 7 nitrogen and oxygen atoms in total. The fourth-order valence-electron chi connectivity index (χ4n) is 2.10. The van der Waals surface area contributed by atoms with E-state index in [9.17, 15) is 9.59 Å². The molecule has 0 fully saturated rings. The summed E-state index contributed by atoms with van der Waals surface area (Å²) in [5, 5.41) is 30.1. The molecule has 0 saturated heterocycles. The zero-order chi connectivity index (χ0) is 19.4. The van der Waals surface area contributed by atoms with Crippen LogP contribution in [0.3, 0.4) is 0 Å². The molecule has 0 radical (unpaired) electrons. The van der Waals surface area contributed by atoms with Crippen molar-refractivity contribution in [3.05, 3.63) is 54.6 Å². The summed E-state index contributed by atoms with van der Waals surface area (Å²) < 4.78 is 5.80. The molecule has 2 aromatic rings. The lowest BCUT2D eigenvalue weighted by Crippen LogP contribution is -2.30. The summed E-state index contributed by atoms with van der Waals surface area (Å²) in [6, 6.07) is 14.3. The molecule has 0 bridgehead atoms. The molecule has 0 saturated carbocycles. The van der Waals surface area contributed by atoms with Crippen molar-refractivity contribution in [3.63, 3.8) is 0 Å². The highest BCUT2D eigenvalue weighted by molar-refractivity contribution is 5.89. The Balaban J connectivity index is 0.000000359. The summed E-state index contributed by atoms with van der Waals surface area (Å²) in [6.07, 6.45) is 1.90. The van der Waals surface area contributed by atoms with E-state index in [2.05, 4.69) is 23.5 Å². The molecule has 2 aromatic carbocycles. The Morgan fingerprint density at radius 2 is 1.69 bits per heavy atom. The van der Waals surface area contributed by atoms with Crippen LogP contribution in [0, 0.1) is 0 Å². The minimum atomic E-state index is -1.26. The van der Waals surface area contributed by atoms with Gasteiger partial charge in [0.1, 0.15) is 5.75 Å². The average Bonchev–Trinajstić information content (AvgIpc) is 2.64. The number of aliphatic carboxylic acids is 2. The maximum Gasteiger partial charge on any atom is 0.328 e.